The first kappa shape index (κ1) is 15.5. The fourth-order valence-electron chi connectivity index (χ4n) is 2.23. The monoisotopic (exact) mass is 345 g/mol. The van der Waals surface area contributed by atoms with Crippen LogP contribution in [0.3, 0.4) is 0 Å². The summed E-state index contributed by atoms with van der Waals surface area (Å²) in [7, 11) is 1.31. The second-order valence-electron chi connectivity index (χ2n) is 4.73. The number of carbonyl (C=O) groups is 2. The molecule has 2 aromatic carbocycles. The molecule has 1 amide bonds. The van der Waals surface area contributed by atoms with Crippen LogP contribution in [-0.2, 0) is 4.74 Å². The molecular formula is C17H12ClNO3S. The van der Waals surface area contributed by atoms with Gasteiger partial charge in [-0.2, -0.15) is 0 Å². The summed E-state index contributed by atoms with van der Waals surface area (Å²) in [6.45, 7) is 0. The van der Waals surface area contributed by atoms with Gasteiger partial charge in [-0.1, -0.05) is 41.9 Å². The Morgan fingerprint density at radius 2 is 1.78 bits per heavy atom. The summed E-state index contributed by atoms with van der Waals surface area (Å²) in [6.07, 6.45) is 0. The third-order valence-electron chi connectivity index (χ3n) is 3.32. The molecule has 0 atom stereocenters. The van der Waals surface area contributed by atoms with Gasteiger partial charge in [-0.05, 0) is 18.2 Å². The predicted molar refractivity (Wildman–Crippen MR) is 92.6 cm³/mol. The fraction of sp³-hybridized carbons (Fsp3) is 0.0588. The van der Waals surface area contributed by atoms with Crippen molar-refractivity contribution in [3.63, 3.8) is 0 Å². The van der Waals surface area contributed by atoms with Crippen molar-refractivity contribution in [1.82, 2.24) is 0 Å². The summed E-state index contributed by atoms with van der Waals surface area (Å²) < 4.78 is 5.70. The van der Waals surface area contributed by atoms with Gasteiger partial charge in [0.05, 0.1) is 23.4 Å². The first-order valence-electron chi connectivity index (χ1n) is 6.77. The Kier molecular flexibility index (Phi) is 4.32. The highest BCUT2D eigenvalue weighted by Crippen LogP contribution is 2.36. The van der Waals surface area contributed by atoms with Crippen molar-refractivity contribution < 1.29 is 14.3 Å². The van der Waals surface area contributed by atoms with E-state index in [4.69, 9.17) is 16.3 Å². The van der Waals surface area contributed by atoms with Gasteiger partial charge in [0.25, 0.3) is 5.91 Å². The minimum atomic E-state index is -0.486. The van der Waals surface area contributed by atoms with Crippen molar-refractivity contribution in [3.05, 3.63) is 64.0 Å². The van der Waals surface area contributed by atoms with Crippen LogP contribution in [0.4, 0.5) is 5.69 Å². The Hall–Kier alpha value is -2.37. The number of benzene rings is 2. The third kappa shape index (κ3) is 2.93. The number of esters is 1. The molecular weight excluding hydrogens is 334 g/mol. The zero-order valence-electron chi connectivity index (χ0n) is 12.1. The van der Waals surface area contributed by atoms with Crippen molar-refractivity contribution in [2.45, 2.75) is 0 Å². The number of carbonyl (C=O) groups excluding carboxylic acids is 2. The van der Waals surface area contributed by atoms with Gasteiger partial charge in [-0.15, -0.1) is 11.3 Å². The van der Waals surface area contributed by atoms with Gasteiger partial charge in [0, 0.05) is 10.1 Å². The lowest BCUT2D eigenvalue weighted by Gasteiger charge is -2.08. The molecule has 0 spiro atoms. The highest BCUT2D eigenvalue weighted by Gasteiger charge is 2.21. The summed E-state index contributed by atoms with van der Waals surface area (Å²) in [5, 5.41) is 3.93. The molecule has 1 aromatic heterocycles. The summed E-state index contributed by atoms with van der Waals surface area (Å²) in [5.74, 6) is -0.857. The first-order chi connectivity index (χ1) is 11.1. The second-order valence-corrected chi connectivity index (χ2v) is 6.19. The molecule has 3 rings (SSSR count). The van der Waals surface area contributed by atoms with E-state index >= 15 is 0 Å². The Balaban J connectivity index is 2.07. The SMILES string of the molecule is COC(=O)c1sc2ccccc2c1NC(=O)c1ccccc1Cl. The molecule has 0 saturated heterocycles. The summed E-state index contributed by atoms with van der Waals surface area (Å²) in [6, 6.07) is 14.2. The molecule has 0 saturated carbocycles. The Bertz CT molecular complexity index is 904. The molecule has 0 radical (unpaired) electrons. The number of amides is 1. The molecule has 0 fully saturated rings. The molecule has 0 aliphatic heterocycles. The molecule has 116 valence electrons. The van der Waals surface area contributed by atoms with E-state index in [2.05, 4.69) is 5.32 Å². The number of hydrogen-bond donors (Lipinski definition) is 1. The number of anilines is 1. The van der Waals surface area contributed by atoms with Gasteiger partial charge in [-0.3, -0.25) is 4.79 Å². The van der Waals surface area contributed by atoms with Crippen LogP contribution in [0.1, 0.15) is 20.0 Å². The van der Waals surface area contributed by atoms with Crippen molar-refractivity contribution in [1.29, 1.82) is 0 Å². The largest absolute Gasteiger partial charge is 0.465 e. The minimum absolute atomic E-state index is 0.347. The zero-order chi connectivity index (χ0) is 16.4. The van der Waals surface area contributed by atoms with E-state index < -0.39 is 5.97 Å². The number of thiophene rings is 1. The van der Waals surface area contributed by atoms with Crippen LogP contribution in [-0.4, -0.2) is 19.0 Å². The van der Waals surface area contributed by atoms with Crippen molar-refractivity contribution in [3.8, 4) is 0 Å². The normalized spacial score (nSPS) is 10.5. The Labute approximate surface area is 141 Å². The maximum Gasteiger partial charge on any atom is 0.350 e. The number of ether oxygens (including phenoxy) is 1. The average molecular weight is 346 g/mol. The minimum Gasteiger partial charge on any atom is -0.465 e. The van der Waals surface area contributed by atoms with Gasteiger partial charge < -0.3 is 10.1 Å². The second kappa shape index (κ2) is 6.40. The molecule has 4 nitrogen and oxygen atoms in total. The average Bonchev–Trinajstić information content (AvgIpc) is 2.93. The number of halogens is 1. The molecule has 1 N–H and O–H groups in total. The van der Waals surface area contributed by atoms with Crippen LogP contribution < -0.4 is 5.32 Å². The van der Waals surface area contributed by atoms with Crippen LogP contribution in [0.5, 0.6) is 0 Å². The van der Waals surface area contributed by atoms with Crippen LogP contribution in [0.25, 0.3) is 10.1 Å². The van der Waals surface area contributed by atoms with E-state index in [1.165, 1.54) is 18.4 Å². The van der Waals surface area contributed by atoms with Gasteiger partial charge in [-0.25, -0.2) is 4.79 Å². The van der Waals surface area contributed by atoms with Gasteiger partial charge in [0.15, 0.2) is 0 Å². The summed E-state index contributed by atoms with van der Waals surface area (Å²) in [4.78, 5) is 24.9. The Morgan fingerprint density at radius 3 is 2.52 bits per heavy atom. The fourth-order valence-corrected chi connectivity index (χ4v) is 3.53. The molecule has 0 aliphatic rings. The third-order valence-corrected chi connectivity index (χ3v) is 4.80. The van der Waals surface area contributed by atoms with Crippen molar-refractivity contribution in [2.24, 2.45) is 0 Å². The first-order valence-corrected chi connectivity index (χ1v) is 7.97. The molecule has 3 aromatic rings. The molecule has 6 heteroatoms. The standard InChI is InChI=1S/C17H12ClNO3S/c1-22-17(21)15-14(11-7-3-5-9-13(11)23-15)19-16(20)10-6-2-4-8-12(10)18/h2-9H,1H3,(H,19,20). The van der Waals surface area contributed by atoms with Crippen LogP contribution >= 0.6 is 22.9 Å². The number of nitrogens with one attached hydrogen (secondary N) is 1. The predicted octanol–water partition coefficient (Wildman–Crippen LogP) is 4.59. The van der Waals surface area contributed by atoms with Crippen LogP contribution in [0, 0.1) is 0 Å². The quantitative estimate of drug-likeness (QED) is 0.706. The van der Waals surface area contributed by atoms with Gasteiger partial charge in [0.2, 0.25) is 0 Å². The Morgan fingerprint density at radius 1 is 1.09 bits per heavy atom. The maximum atomic E-state index is 12.5. The van der Waals surface area contributed by atoms with Gasteiger partial charge in [0.1, 0.15) is 4.88 Å². The molecule has 23 heavy (non-hydrogen) atoms. The summed E-state index contributed by atoms with van der Waals surface area (Å²) >= 11 is 7.33. The van der Waals surface area contributed by atoms with Crippen LogP contribution in [0.2, 0.25) is 5.02 Å². The molecule has 1 heterocycles. The van der Waals surface area contributed by atoms with Crippen molar-refractivity contribution in [2.75, 3.05) is 12.4 Å². The van der Waals surface area contributed by atoms with E-state index in [1.807, 2.05) is 24.3 Å². The highest BCUT2D eigenvalue weighted by atomic mass is 35.5. The summed E-state index contributed by atoms with van der Waals surface area (Å²) in [5.41, 5.74) is 0.794. The van der Waals surface area contributed by atoms with E-state index in [0.29, 0.717) is 21.2 Å². The maximum absolute atomic E-state index is 12.5. The topological polar surface area (TPSA) is 55.4 Å². The van der Waals surface area contributed by atoms with Gasteiger partial charge >= 0.3 is 5.97 Å². The number of rotatable bonds is 3. The lowest BCUT2D eigenvalue weighted by Crippen LogP contribution is -2.14. The van der Waals surface area contributed by atoms with E-state index in [0.717, 1.165) is 10.1 Å². The number of hydrogen-bond acceptors (Lipinski definition) is 4. The smallest absolute Gasteiger partial charge is 0.350 e. The van der Waals surface area contributed by atoms with Crippen LogP contribution in [0.15, 0.2) is 48.5 Å². The van der Waals surface area contributed by atoms with E-state index in [-0.39, 0.29) is 5.91 Å². The molecule has 0 bridgehead atoms. The zero-order valence-corrected chi connectivity index (χ0v) is 13.7. The van der Waals surface area contributed by atoms with E-state index in [9.17, 15) is 9.59 Å². The highest BCUT2D eigenvalue weighted by molar-refractivity contribution is 7.21. The lowest BCUT2D eigenvalue weighted by molar-refractivity contribution is 0.0607. The lowest BCUT2D eigenvalue weighted by atomic mass is 10.2. The number of fused-ring (bicyclic) bond motifs is 1. The molecule has 0 unspecified atom stereocenters. The molecule has 0 aliphatic carbocycles. The number of methoxy groups -OCH3 is 1. The van der Waals surface area contributed by atoms with E-state index in [1.54, 1.807) is 24.3 Å². The van der Waals surface area contributed by atoms with Crippen molar-refractivity contribution >= 4 is 50.6 Å².